The van der Waals surface area contributed by atoms with Crippen LogP contribution in [0.4, 0.5) is 5.69 Å². The lowest BCUT2D eigenvalue weighted by molar-refractivity contribution is -0.114. The predicted molar refractivity (Wildman–Crippen MR) is 86.5 cm³/mol. The number of carbonyl (C=O) groups is 1. The molecule has 3 N–H and O–H groups in total. The van der Waals surface area contributed by atoms with Gasteiger partial charge >= 0.3 is 0 Å². The zero-order valence-corrected chi connectivity index (χ0v) is 12.8. The molecule has 0 saturated carbocycles. The van der Waals surface area contributed by atoms with Gasteiger partial charge in [0.25, 0.3) is 0 Å². The molecular formula is C15H16N2OS2. The minimum absolute atomic E-state index is 0.00170. The van der Waals surface area contributed by atoms with Crippen LogP contribution in [0.3, 0.4) is 0 Å². The Morgan fingerprint density at radius 3 is 2.00 bits per heavy atom. The zero-order chi connectivity index (χ0) is 14.4. The van der Waals surface area contributed by atoms with E-state index < -0.39 is 0 Å². The first-order valence-corrected chi connectivity index (χ1v) is 8.17. The van der Waals surface area contributed by atoms with Crippen LogP contribution in [0.1, 0.15) is 0 Å². The topological polar surface area (TPSA) is 55.1 Å². The second kappa shape index (κ2) is 7.38. The third kappa shape index (κ3) is 4.30. The monoisotopic (exact) mass is 304 g/mol. The molecule has 0 bridgehead atoms. The summed E-state index contributed by atoms with van der Waals surface area (Å²) in [7, 11) is 0. The Bertz CT molecular complexity index is 567. The minimum atomic E-state index is -0.182. The number of nitrogens with two attached hydrogens (primary N) is 1. The molecule has 0 atom stereocenters. The van der Waals surface area contributed by atoms with Crippen molar-refractivity contribution in [2.45, 2.75) is 14.7 Å². The number of carbonyl (C=O) groups excluding carboxylic acids is 1. The number of amides is 1. The lowest BCUT2D eigenvalue weighted by atomic mass is 10.3. The Kier molecular flexibility index (Phi) is 5.52. The molecule has 20 heavy (non-hydrogen) atoms. The molecule has 2 aromatic rings. The SMILES string of the molecule is CSc1ccc(Sc2ccc(NC(=O)CN)cc2)cc1. The molecule has 0 radical (unpaired) electrons. The van der Waals surface area contributed by atoms with Gasteiger partial charge in [0.15, 0.2) is 0 Å². The third-order valence-electron chi connectivity index (χ3n) is 2.62. The molecule has 0 heterocycles. The van der Waals surface area contributed by atoms with E-state index in [1.54, 1.807) is 23.5 Å². The standard InChI is InChI=1S/C15H16N2OS2/c1-19-12-6-8-14(9-7-12)20-13-4-2-11(3-5-13)17-15(18)10-16/h2-9H,10,16H2,1H3,(H,17,18). The largest absolute Gasteiger partial charge is 0.325 e. The highest BCUT2D eigenvalue weighted by Crippen LogP contribution is 2.29. The van der Waals surface area contributed by atoms with E-state index in [1.165, 1.54) is 9.79 Å². The zero-order valence-electron chi connectivity index (χ0n) is 11.1. The summed E-state index contributed by atoms with van der Waals surface area (Å²) in [6.07, 6.45) is 2.07. The number of thioether (sulfide) groups is 1. The van der Waals surface area contributed by atoms with E-state index in [2.05, 4.69) is 35.8 Å². The molecule has 2 rings (SSSR count). The first kappa shape index (κ1) is 15.0. The summed E-state index contributed by atoms with van der Waals surface area (Å²) in [4.78, 5) is 14.8. The van der Waals surface area contributed by atoms with Crippen LogP contribution in [0.25, 0.3) is 0 Å². The van der Waals surface area contributed by atoms with E-state index in [-0.39, 0.29) is 12.5 Å². The van der Waals surface area contributed by atoms with Gasteiger partial charge in [-0.15, -0.1) is 11.8 Å². The summed E-state index contributed by atoms with van der Waals surface area (Å²) in [5.74, 6) is -0.182. The van der Waals surface area contributed by atoms with Gasteiger partial charge in [0.1, 0.15) is 0 Å². The fourth-order valence-corrected chi connectivity index (χ4v) is 2.82. The molecule has 0 saturated heterocycles. The fourth-order valence-electron chi connectivity index (χ4n) is 1.60. The van der Waals surface area contributed by atoms with Gasteiger partial charge in [-0.2, -0.15) is 0 Å². The lowest BCUT2D eigenvalue weighted by Gasteiger charge is -2.06. The summed E-state index contributed by atoms with van der Waals surface area (Å²) in [5, 5.41) is 2.72. The lowest BCUT2D eigenvalue weighted by Crippen LogP contribution is -2.21. The molecule has 0 aliphatic heterocycles. The molecule has 0 aliphatic rings. The van der Waals surface area contributed by atoms with Crippen LogP contribution in [-0.2, 0) is 4.79 Å². The van der Waals surface area contributed by atoms with Crippen molar-refractivity contribution >= 4 is 35.1 Å². The van der Waals surface area contributed by atoms with E-state index in [0.29, 0.717) is 0 Å². The second-order valence-electron chi connectivity index (χ2n) is 4.05. The summed E-state index contributed by atoms with van der Waals surface area (Å²) in [6.45, 7) is -0.00170. The average molecular weight is 304 g/mol. The predicted octanol–water partition coefficient (Wildman–Crippen LogP) is 3.46. The van der Waals surface area contributed by atoms with Gasteiger partial charge in [-0.3, -0.25) is 4.79 Å². The number of hydrogen-bond donors (Lipinski definition) is 2. The van der Waals surface area contributed by atoms with Gasteiger partial charge in [-0.25, -0.2) is 0 Å². The Morgan fingerprint density at radius 2 is 1.50 bits per heavy atom. The maximum absolute atomic E-state index is 11.2. The van der Waals surface area contributed by atoms with Crippen LogP contribution in [-0.4, -0.2) is 18.7 Å². The van der Waals surface area contributed by atoms with Gasteiger partial charge in [-0.05, 0) is 54.8 Å². The van der Waals surface area contributed by atoms with Gasteiger partial charge in [0.2, 0.25) is 5.91 Å². The summed E-state index contributed by atoms with van der Waals surface area (Å²) in [6, 6.07) is 16.2. The summed E-state index contributed by atoms with van der Waals surface area (Å²) in [5.41, 5.74) is 6.02. The number of benzene rings is 2. The smallest absolute Gasteiger partial charge is 0.238 e. The van der Waals surface area contributed by atoms with Crippen molar-refractivity contribution in [1.29, 1.82) is 0 Å². The maximum atomic E-state index is 11.2. The minimum Gasteiger partial charge on any atom is -0.325 e. The quantitative estimate of drug-likeness (QED) is 0.831. The van der Waals surface area contributed by atoms with Crippen molar-refractivity contribution in [1.82, 2.24) is 0 Å². The average Bonchev–Trinajstić information content (AvgIpc) is 2.50. The fraction of sp³-hybridized carbons (Fsp3) is 0.133. The van der Waals surface area contributed by atoms with Crippen LogP contribution in [0.2, 0.25) is 0 Å². The van der Waals surface area contributed by atoms with Crippen LogP contribution in [0, 0.1) is 0 Å². The molecule has 0 aromatic heterocycles. The Labute approximate surface area is 127 Å². The van der Waals surface area contributed by atoms with E-state index >= 15 is 0 Å². The van der Waals surface area contributed by atoms with E-state index in [1.807, 2.05) is 24.3 Å². The number of anilines is 1. The number of rotatable bonds is 5. The van der Waals surface area contributed by atoms with Crippen LogP contribution < -0.4 is 11.1 Å². The van der Waals surface area contributed by atoms with Crippen LogP contribution in [0.5, 0.6) is 0 Å². The maximum Gasteiger partial charge on any atom is 0.238 e. The van der Waals surface area contributed by atoms with Crippen LogP contribution >= 0.6 is 23.5 Å². The van der Waals surface area contributed by atoms with Crippen molar-refractivity contribution < 1.29 is 4.79 Å². The van der Waals surface area contributed by atoms with Crippen molar-refractivity contribution in [3.05, 3.63) is 48.5 Å². The molecule has 0 fully saturated rings. The highest BCUT2D eigenvalue weighted by Gasteiger charge is 2.01. The highest BCUT2D eigenvalue weighted by atomic mass is 32.2. The highest BCUT2D eigenvalue weighted by molar-refractivity contribution is 7.99. The summed E-state index contributed by atoms with van der Waals surface area (Å²) >= 11 is 3.43. The molecule has 3 nitrogen and oxygen atoms in total. The Hall–Kier alpha value is -1.43. The van der Waals surface area contributed by atoms with Crippen molar-refractivity contribution in [2.75, 3.05) is 18.1 Å². The third-order valence-corrected chi connectivity index (χ3v) is 4.38. The summed E-state index contributed by atoms with van der Waals surface area (Å²) < 4.78 is 0. The van der Waals surface area contributed by atoms with Gasteiger partial charge in [0.05, 0.1) is 6.54 Å². The first-order chi connectivity index (χ1) is 9.71. The van der Waals surface area contributed by atoms with Gasteiger partial charge in [-0.1, -0.05) is 11.8 Å². The molecule has 5 heteroatoms. The first-order valence-electron chi connectivity index (χ1n) is 6.13. The molecule has 0 aliphatic carbocycles. The molecule has 2 aromatic carbocycles. The van der Waals surface area contributed by atoms with E-state index in [9.17, 15) is 4.79 Å². The van der Waals surface area contributed by atoms with Crippen molar-refractivity contribution in [2.24, 2.45) is 5.73 Å². The van der Waals surface area contributed by atoms with Gasteiger partial charge in [0, 0.05) is 20.4 Å². The number of nitrogens with one attached hydrogen (secondary N) is 1. The molecule has 0 unspecified atom stereocenters. The van der Waals surface area contributed by atoms with Crippen molar-refractivity contribution in [3.63, 3.8) is 0 Å². The Morgan fingerprint density at radius 1 is 1.00 bits per heavy atom. The van der Waals surface area contributed by atoms with Gasteiger partial charge < -0.3 is 11.1 Å². The molecule has 1 amide bonds. The molecule has 0 spiro atoms. The molecular weight excluding hydrogens is 288 g/mol. The van der Waals surface area contributed by atoms with Crippen molar-refractivity contribution in [3.8, 4) is 0 Å². The normalized spacial score (nSPS) is 10.3. The second-order valence-corrected chi connectivity index (χ2v) is 6.08. The van der Waals surface area contributed by atoms with E-state index in [0.717, 1.165) is 10.6 Å². The van der Waals surface area contributed by atoms with E-state index in [4.69, 9.17) is 5.73 Å². The van der Waals surface area contributed by atoms with Crippen LogP contribution in [0.15, 0.2) is 63.2 Å². The number of hydrogen-bond acceptors (Lipinski definition) is 4. The molecule has 104 valence electrons. The Balaban J connectivity index is 2.00.